The van der Waals surface area contributed by atoms with Gasteiger partial charge in [0, 0.05) is 4.83 Å². The van der Waals surface area contributed by atoms with E-state index in [4.69, 9.17) is 14.2 Å². The SMILES string of the molecule is CC(Br)C12COC(OC1)OC2. The van der Waals surface area contributed by atoms with Crippen LogP contribution in [0.1, 0.15) is 6.92 Å². The van der Waals surface area contributed by atoms with E-state index in [2.05, 4.69) is 22.9 Å². The molecule has 0 aliphatic carbocycles. The van der Waals surface area contributed by atoms with Crippen molar-refractivity contribution in [3.8, 4) is 0 Å². The van der Waals surface area contributed by atoms with Crippen molar-refractivity contribution in [3.63, 3.8) is 0 Å². The van der Waals surface area contributed by atoms with E-state index in [9.17, 15) is 0 Å². The van der Waals surface area contributed by atoms with Crippen molar-refractivity contribution < 1.29 is 14.2 Å². The van der Waals surface area contributed by atoms with Gasteiger partial charge in [0.05, 0.1) is 25.2 Å². The Morgan fingerprint density at radius 1 is 1.27 bits per heavy atom. The molecule has 1 unspecified atom stereocenters. The Morgan fingerprint density at radius 2 is 1.73 bits per heavy atom. The van der Waals surface area contributed by atoms with Gasteiger partial charge in [-0.3, -0.25) is 0 Å². The van der Waals surface area contributed by atoms with E-state index in [0.29, 0.717) is 4.83 Å². The number of hydrogen-bond donors (Lipinski definition) is 0. The molecule has 3 rings (SSSR count). The lowest BCUT2D eigenvalue weighted by atomic mass is 9.86. The van der Waals surface area contributed by atoms with Crippen LogP contribution in [0.25, 0.3) is 0 Å². The number of alkyl halides is 1. The molecule has 2 bridgehead atoms. The van der Waals surface area contributed by atoms with Gasteiger partial charge in [-0.25, -0.2) is 0 Å². The van der Waals surface area contributed by atoms with Gasteiger partial charge in [-0.1, -0.05) is 22.9 Å². The summed E-state index contributed by atoms with van der Waals surface area (Å²) in [5.41, 5.74) is 0.0365. The van der Waals surface area contributed by atoms with Gasteiger partial charge in [0.2, 0.25) is 0 Å². The van der Waals surface area contributed by atoms with Gasteiger partial charge in [0.1, 0.15) is 0 Å². The number of fused-ring (bicyclic) bond motifs is 3. The lowest BCUT2D eigenvalue weighted by Crippen LogP contribution is -2.55. The average molecular weight is 223 g/mol. The summed E-state index contributed by atoms with van der Waals surface area (Å²) in [6.45, 7) is 3.92. The average Bonchev–Trinajstić information content (AvgIpc) is 2.08. The maximum absolute atomic E-state index is 5.27. The summed E-state index contributed by atoms with van der Waals surface area (Å²) in [5.74, 6) is 0. The molecule has 0 saturated carbocycles. The normalized spacial score (nSPS) is 45.8. The Balaban J connectivity index is 2.12. The van der Waals surface area contributed by atoms with Crippen molar-refractivity contribution in [2.45, 2.75) is 18.2 Å². The summed E-state index contributed by atoms with van der Waals surface area (Å²) in [7, 11) is 0. The zero-order valence-electron chi connectivity index (χ0n) is 6.38. The van der Waals surface area contributed by atoms with E-state index < -0.39 is 6.48 Å². The van der Waals surface area contributed by atoms with Crippen LogP contribution in [0.5, 0.6) is 0 Å². The molecule has 3 fully saturated rings. The van der Waals surface area contributed by atoms with Crippen LogP contribution >= 0.6 is 15.9 Å². The molecule has 0 N–H and O–H groups in total. The molecule has 3 heterocycles. The predicted molar refractivity (Wildman–Crippen MR) is 42.5 cm³/mol. The molecule has 11 heavy (non-hydrogen) atoms. The highest BCUT2D eigenvalue weighted by molar-refractivity contribution is 9.09. The van der Waals surface area contributed by atoms with E-state index in [0.717, 1.165) is 19.8 Å². The van der Waals surface area contributed by atoms with Gasteiger partial charge < -0.3 is 14.2 Å². The minimum Gasteiger partial charge on any atom is -0.329 e. The summed E-state index contributed by atoms with van der Waals surface area (Å²) in [6.07, 6.45) is 0. The minimum atomic E-state index is -0.400. The first-order valence-electron chi connectivity index (χ1n) is 3.72. The highest BCUT2D eigenvalue weighted by Gasteiger charge is 2.46. The fourth-order valence-corrected chi connectivity index (χ4v) is 1.71. The molecule has 3 nitrogen and oxygen atoms in total. The van der Waals surface area contributed by atoms with Crippen LogP contribution < -0.4 is 0 Å². The molecule has 0 aromatic rings. The Bertz CT molecular complexity index is 138. The maximum Gasteiger partial charge on any atom is 0.271 e. The van der Waals surface area contributed by atoms with Crippen LogP contribution in [0.2, 0.25) is 0 Å². The number of halogens is 1. The van der Waals surface area contributed by atoms with Gasteiger partial charge in [0.25, 0.3) is 6.48 Å². The summed E-state index contributed by atoms with van der Waals surface area (Å²) in [4.78, 5) is 0.372. The monoisotopic (exact) mass is 222 g/mol. The first kappa shape index (κ1) is 7.98. The van der Waals surface area contributed by atoms with Gasteiger partial charge in [-0.15, -0.1) is 0 Å². The molecule has 3 aliphatic rings. The lowest BCUT2D eigenvalue weighted by molar-refractivity contribution is -0.393. The number of hydrogen-bond acceptors (Lipinski definition) is 3. The molecule has 0 spiro atoms. The molecule has 0 aromatic heterocycles. The van der Waals surface area contributed by atoms with Crippen LogP contribution in [0.3, 0.4) is 0 Å². The number of ether oxygens (including phenoxy) is 3. The minimum absolute atomic E-state index is 0.0365. The van der Waals surface area contributed by atoms with Crippen molar-refractivity contribution in [1.29, 1.82) is 0 Å². The van der Waals surface area contributed by atoms with Crippen LogP contribution in [0.15, 0.2) is 0 Å². The molecular formula is C7H11BrO3. The van der Waals surface area contributed by atoms with Gasteiger partial charge in [0.15, 0.2) is 0 Å². The quantitative estimate of drug-likeness (QED) is 0.623. The highest BCUT2D eigenvalue weighted by atomic mass is 79.9. The topological polar surface area (TPSA) is 27.7 Å². The molecule has 0 radical (unpaired) electrons. The standard InChI is InChI=1S/C7H11BrO3/c1-5(8)7-2-9-6(10-3-7)11-4-7/h5-6H,2-4H2,1H3. The van der Waals surface area contributed by atoms with E-state index >= 15 is 0 Å². The van der Waals surface area contributed by atoms with Crippen LogP contribution in [-0.2, 0) is 14.2 Å². The van der Waals surface area contributed by atoms with Crippen LogP contribution in [-0.4, -0.2) is 31.1 Å². The zero-order chi connectivity index (χ0) is 7.90. The summed E-state index contributed by atoms with van der Waals surface area (Å²) >= 11 is 3.54. The van der Waals surface area contributed by atoms with Crippen molar-refractivity contribution in [2.24, 2.45) is 5.41 Å². The second-order valence-corrected chi connectivity index (χ2v) is 4.57. The molecule has 4 heteroatoms. The third-order valence-corrected chi connectivity index (χ3v) is 3.34. The van der Waals surface area contributed by atoms with Crippen molar-refractivity contribution in [3.05, 3.63) is 0 Å². The van der Waals surface area contributed by atoms with E-state index in [1.807, 2.05) is 0 Å². The zero-order valence-corrected chi connectivity index (χ0v) is 7.96. The molecule has 3 saturated heterocycles. The van der Waals surface area contributed by atoms with E-state index in [-0.39, 0.29) is 5.41 Å². The third kappa shape index (κ3) is 1.22. The first-order valence-corrected chi connectivity index (χ1v) is 4.63. The van der Waals surface area contributed by atoms with Crippen molar-refractivity contribution in [2.75, 3.05) is 19.8 Å². The van der Waals surface area contributed by atoms with Gasteiger partial charge in [-0.2, -0.15) is 0 Å². The molecule has 3 aliphatic heterocycles. The van der Waals surface area contributed by atoms with Gasteiger partial charge in [-0.05, 0) is 0 Å². The van der Waals surface area contributed by atoms with Gasteiger partial charge >= 0.3 is 0 Å². The van der Waals surface area contributed by atoms with Crippen LogP contribution in [0, 0.1) is 5.41 Å². The van der Waals surface area contributed by atoms with Crippen molar-refractivity contribution >= 4 is 15.9 Å². The second-order valence-electron chi connectivity index (χ2n) is 3.20. The fraction of sp³-hybridized carbons (Fsp3) is 1.00. The molecular weight excluding hydrogens is 212 g/mol. The van der Waals surface area contributed by atoms with Crippen LogP contribution in [0.4, 0.5) is 0 Å². The first-order chi connectivity index (χ1) is 5.23. The van der Waals surface area contributed by atoms with E-state index in [1.165, 1.54) is 0 Å². The smallest absolute Gasteiger partial charge is 0.271 e. The summed E-state index contributed by atoms with van der Waals surface area (Å²) in [5, 5.41) is 0. The summed E-state index contributed by atoms with van der Waals surface area (Å²) < 4.78 is 15.8. The molecule has 0 amide bonds. The van der Waals surface area contributed by atoms with E-state index in [1.54, 1.807) is 0 Å². The Hall–Kier alpha value is 0.360. The summed E-state index contributed by atoms with van der Waals surface area (Å²) in [6, 6.07) is 0. The molecule has 1 atom stereocenters. The lowest BCUT2D eigenvalue weighted by Gasteiger charge is -2.46. The Labute approximate surface area is 74.1 Å². The molecule has 64 valence electrons. The fourth-order valence-electron chi connectivity index (χ4n) is 1.32. The second kappa shape index (κ2) is 2.69. The third-order valence-electron chi connectivity index (χ3n) is 2.36. The molecule has 0 aromatic carbocycles. The van der Waals surface area contributed by atoms with Crippen molar-refractivity contribution in [1.82, 2.24) is 0 Å². The maximum atomic E-state index is 5.27. The Kier molecular flexibility index (Phi) is 1.95. The predicted octanol–water partition coefficient (Wildman–Crippen LogP) is 1.12. The highest BCUT2D eigenvalue weighted by Crippen LogP contribution is 2.37. The Morgan fingerprint density at radius 3 is 2.00 bits per heavy atom. The largest absolute Gasteiger partial charge is 0.329 e. The number of rotatable bonds is 1.